The summed E-state index contributed by atoms with van der Waals surface area (Å²) in [6.07, 6.45) is 1.91. The number of carbonyl (C=O) groups is 1. The summed E-state index contributed by atoms with van der Waals surface area (Å²) in [5.41, 5.74) is 5.35. The minimum atomic E-state index is -0.103. The molecule has 0 aliphatic rings. The standard InChI is InChI=1S/C28H33N7O/c1-19(2)17-35(18-20(3)4)26-13-12-21(23-10-5-6-11-24(23)28-31-33-34-32-28)15-25(26)30-27(36)16-22-9-7-8-14-29-22/h5-15,19-20H,16-18H2,1-4H3,(H,30,36)(H,31,32,33,34). The van der Waals surface area contributed by atoms with Gasteiger partial charge in [-0.2, -0.15) is 0 Å². The zero-order chi connectivity index (χ0) is 25.5. The summed E-state index contributed by atoms with van der Waals surface area (Å²) < 4.78 is 0. The molecule has 4 aromatic rings. The molecule has 2 N–H and O–H groups in total. The molecule has 4 rings (SSSR count). The number of aromatic nitrogens is 5. The van der Waals surface area contributed by atoms with Crippen LogP contribution in [0.15, 0.2) is 66.9 Å². The zero-order valence-corrected chi connectivity index (χ0v) is 21.3. The average Bonchev–Trinajstić information content (AvgIpc) is 3.38. The fourth-order valence-corrected chi connectivity index (χ4v) is 4.31. The molecule has 0 spiro atoms. The van der Waals surface area contributed by atoms with Crippen molar-refractivity contribution in [3.05, 3.63) is 72.6 Å². The van der Waals surface area contributed by atoms with E-state index in [1.807, 2.05) is 48.5 Å². The van der Waals surface area contributed by atoms with Crippen molar-refractivity contribution in [1.82, 2.24) is 25.6 Å². The molecule has 0 unspecified atom stereocenters. The first-order valence-corrected chi connectivity index (χ1v) is 12.3. The van der Waals surface area contributed by atoms with Gasteiger partial charge in [0.15, 0.2) is 5.82 Å². The van der Waals surface area contributed by atoms with Crippen LogP contribution in [0.1, 0.15) is 33.4 Å². The molecule has 0 aliphatic carbocycles. The van der Waals surface area contributed by atoms with Gasteiger partial charge in [-0.15, -0.1) is 5.10 Å². The molecule has 0 fully saturated rings. The van der Waals surface area contributed by atoms with E-state index in [-0.39, 0.29) is 12.3 Å². The van der Waals surface area contributed by atoms with Gasteiger partial charge in [0.1, 0.15) is 0 Å². The van der Waals surface area contributed by atoms with E-state index >= 15 is 0 Å². The van der Waals surface area contributed by atoms with Crippen molar-refractivity contribution in [2.45, 2.75) is 34.1 Å². The lowest BCUT2D eigenvalue weighted by Crippen LogP contribution is -2.32. The molecular formula is C28H33N7O. The third-order valence-corrected chi connectivity index (χ3v) is 5.69. The number of hydrogen-bond donors (Lipinski definition) is 2. The topological polar surface area (TPSA) is 99.7 Å². The normalized spacial score (nSPS) is 11.2. The number of pyridine rings is 1. The van der Waals surface area contributed by atoms with Crippen LogP contribution in [0, 0.1) is 11.8 Å². The van der Waals surface area contributed by atoms with Gasteiger partial charge in [-0.25, -0.2) is 5.10 Å². The second kappa shape index (κ2) is 11.6. The van der Waals surface area contributed by atoms with E-state index in [0.717, 1.165) is 46.8 Å². The first-order chi connectivity index (χ1) is 17.4. The van der Waals surface area contributed by atoms with Gasteiger partial charge in [0.2, 0.25) is 5.91 Å². The smallest absolute Gasteiger partial charge is 0.230 e. The predicted octanol–water partition coefficient (Wildman–Crippen LogP) is 5.23. The highest BCUT2D eigenvalue weighted by atomic mass is 16.1. The van der Waals surface area contributed by atoms with Crippen LogP contribution in [0.2, 0.25) is 0 Å². The first-order valence-electron chi connectivity index (χ1n) is 12.3. The Morgan fingerprint density at radius 1 is 0.944 bits per heavy atom. The summed E-state index contributed by atoms with van der Waals surface area (Å²) >= 11 is 0. The monoisotopic (exact) mass is 483 g/mol. The van der Waals surface area contributed by atoms with Crippen LogP contribution in [-0.2, 0) is 11.2 Å². The van der Waals surface area contributed by atoms with Crippen molar-refractivity contribution < 1.29 is 4.79 Å². The Morgan fingerprint density at radius 2 is 1.67 bits per heavy atom. The van der Waals surface area contributed by atoms with Gasteiger partial charge in [0, 0.05) is 30.5 Å². The van der Waals surface area contributed by atoms with Crippen LogP contribution < -0.4 is 10.2 Å². The van der Waals surface area contributed by atoms with Gasteiger partial charge in [-0.1, -0.05) is 64.1 Å². The summed E-state index contributed by atoms with van der Waals surface area (Å²) in [5.74, 6) is 1.44. The maximum atomic E-state index is 13.1. The summed E-state index contributed by atoms with van der Waals surface area (Å²) in [7, 11) is 0. The Kier molecular flexibility index (Phi) is 8.05. The number of anilines is 2. The van der Waals surface area contributed by atoms with E-state index in [2.05, 4.69) is 75.7 Å². The highest BCUT2D eigenvalue weighted by molar-refractivity contribution is 5.97. The van der Waals surface area contributed by atoms with E-state index in [1.165, 1.54) is 0 Å². The van der Waals surface area contributed by atoms with Gasteiger partial charge in [-0.05, 0) is 57.7 Å². The molecule has 2 heterocycles. The van der Waals surface area contributed by atoms with E-state index in [0.29, 0.717) is 17.7 Å². The maximum Gasteiger partial charge on any atom is 0.230 e. The molecule has 0 bridgehead atoms. The quantitative estimate of drug-likeness (QED) is 0.320. The lowest BCUT2D eigenvalue weighted by molar-refractivity contribution is -0.115. The van der Waals surface area contributed by atoms with Crippen LogP contribution in [0.5, 0.6) is 0 Å². The third-order valence-electron chi connectivity index (χ3n) is 5.69. The van der Waals surface area contributed by atoms with Gasteiger partial charge in [0.25, 0.3) is 0 Å². The van der Waals surface area contributed by atoms with Gasteiger partial charge < -0.3 is 10.2 Å². The molecule has 0 saturated carbocycles. The van der Waals surface area contributed by atoms with Gasteiger partial charge in [0.05, 0.1) is 17.8 Å². The molecule has 1 amide bonds. The van der Waals surface area contributed by atoms with Crippen LogP contribution in [0.3, 0.4) is 0 Å². The van der Waals surface area contributed by atoms with Crippen molar-refractivity contribution >= 4 is 17.3 Å². The van der Waals surface area contributed by atoms with Crippen LogP contribution in [0.25, 0.3) is 22.5 Å². The van der Waals surface area contributed by atoms with Crippen molar-refractivity contribution in [3.63, 3.8) is 0 Å². The minimum Gasteiger partial charge on any atom is -0.369 e. The number of tetrazole rings is 1. The molecule has 2 aromatic heterocycles. The molecule has 186 valence electrons. The predicted molar refractivity (Wildman–Crippen MR) is 144 cm³/mol. The highest BCUT2D eigenvalue weighted by Crippen LogP contribution is 2.36. The molecule has 36 heavy (non-hydrogen) atoms. The van der Waals surface area contributed by atoms with Crippen molar-refractivity contribution in [1.29, 1.82) is 0 Å². The Balaban J connectivity index is 1.75. The SMILES string of the molecule is CC(C)CN(CC(C)C)c1ccc(-c2ccccc2-c2nnn[nH]2)cc1NC(=O)Cc1ccccn1. The lowest BCUT2D eigenvalue weighted by atomic mass is 9.97. The Hall–Kier alpha value is -4.07. The average molecular weight is 484 g/mol. The maximum absolute atomic E-state index is 13.1. The number of benzene rings is 2. The summed E-state index contributed by atoms with van der Waals surface area (Å²) in [6, 6.07) is 19.8. The number of aromatic amines is 1. The fourth-order valence-electron chi connectivity index (χ4n) is 4.31. The highest BCUT2D eigenvalue weighted by Gasteiger charge is 2.19. The number of rotatable bonds is 10. The second-order valence-electron chi connectivity index (χ2n) is 9.77. The Labute approximate surface area is 212 Å². The molecule has 0 atom stereocenters. The van der Waals surface area contributed by atoms with Crippen molar-refractivity contribution in [2.24, 2.45) is 11.8 Å². The lowest BCUT2D eigenvalue weighted by Gasteiger charge is -2.31. The number of carbonyl (C=O) groups excluding carboxylic acids is 1. The number of hydrogen-bond acceptors (Lipinski definition) is 6. The molecule has 0 aliphatic heterocycles. The minimum absolute atomic E-state index is 0.103. The molecular weight excluding hydrogens is 450 g/mol. The van der Waals surface area contributed by atoms with E-state index < -0.39 is 0 Å². The summed E-state index contributed by atoms with van der Waals surface area (Å²) in [4.78, 5) is 19.8. The Morgan fingerprint density at radius 3 is 2.31 bits per heavy atom. The summed E-state index contributed by atoms with van der Waals surface area (Å²) in [5, 5.41) is 17.6. The van der Waals surface area contributed by atoms with Crippen LogP contribution >= 0.6 is 0 Å². The molecule has 0 radical (unpaired) electrons. The summed E-state index contributed by atoms with van der Waals surface area (Å²) in [6.45, 7) is 10.6. The fraction of sp³-hybridized carbons (Fsp3) is 0.321. The van der Waals surface area contributed by atoms with Gasteiger partial charge in [-0.3, -0.25) is 9.78 Å². The molecule has 8 nitrogen and oxygen atoms in total. The number of nitrogens with zero attached hydrogens (tertiary/aromatic N) is 5. The first kappa shape index (κ1) is 25.0. The largest absolute Gasteiger partial charge is 0.369 e. The Bertz CT molecular complexity index is 1260. The third kappa shape index (κ3) is 6.33. The van der Waals surface area contributed by atoms with Crippen LogP contribution in [0.4, 0.5) is 11.4 Å². The second-order valence-corrected chi connectivity index (χ2v) is 9.77. The van der Waals surface area contributed by atoms with E-state index in [9.17, 15) is 4.79 Å². The van der Waals surface area contributed by atoms with Crippen LogP contribution in [-0.4, -0.2) is 44.6 Å². The number of H-pyrrole nitrogens is 1. The number of amides is 1. The van der Waals surface area contributed by atoms with Gasteiger partial charge >= 0.3 is 0 Å². The van der Waals surface area contributed by atoms with E-state index in [4.69, 9.17) is 0 Å². The molecule has 2 aromatic carbocycles. The van der Waals surface area contributed by atoms with Crippen molar-refractivity contribution in [3.8, 4) is 22.5 Å². The molecule has 8 heteroatoms. The van der Waals surface area contributed by atoms with E-state index in [1.54, 1.807) is 6.20 Å². The molecule has 0 saturated heterocycles. The number of nitrogens with one attached hydrogen (secondary N) is 2. The van der Waals surface area contributed by atoms with Crippen molar-refractivity contribution in [2.75, 3.05) is 23.3 Å². The zero-order valence-electron chi connectivity index (χ0n) is 21.3.